The van der Waals surface area contributed by atoms with Gasteiger partial charge >= 0.3 is 0 Å². The lowest BCUT2D eigenvalue weighted by Gasteiger charge is -2.30. The molecule has 0 aliphatic carbocycles. The van der Waals surface area contributed by atoms with Crippen LogP contribution in [0.1, 0.15) is 80.6 Å². The Morgan fingerprint density at radius 2 is 1.12 bits per heavy atom. The minimum absolute atomic E-state index is 0.144. The minimum Gasteiger partial charge on any atom is -0.391 e. The third-order valence-corrected chi connectivity index (χ3v) is 6.45. The molecule has 258 valence electrons. The smallest absolute Gasteiger partial charge is 0.109 e. The molecule has 0 bridgehead atoms. The second-order valence-corrected chi connectivity index (χ2v) is 11.1. The zero-order valence-corrected chi connectivity index (χ0v) is 29.9. The van der Waals surface area contributed by atoms with Crippen molar-refractivity contribution in [3.05, 3.63) is 0 Å². The van der Waals surface area contributed by atoms with Crippen LogP contribution in [0.4, 0.5) is 0 Å². The molecule has 11 nitrogen and oxygen atoms in total. The summed E-state index contributed by atoms with van der Waals surface area (Å²) in [6.07, 6.45) is 0.440. The van der Waals surface area contributed by atoms with E-state index in [2.05, 4.69) is 86.5 Å². The van der Waals surface area contributed by atoms with Gasteiger partial charge in [0.15, 0.2) is 0 Å². The molecule has 0 unspecified atom stereocenters. The van der Waals surface area contributed by atoms with Gasteiger partial charge in [-0.1, -0.05) is 34.1 Å². The molecule has 0 saturated heterocycles. The van der Waals surface area contributed by atoms with Gasteiger partial charge in [-0.05, 0) is 46.5 Å². The highest BCUT2D eigenvalue weighted by molar-refractivity contribution is 4.80. The summed E-state index contributed by atoms with van der Waals surface area (Å²) < 4.78 is 2.31. The molecule has 0 aromatic heterocycles. The Balaban J connectivity index is -0.0000000951. The molecule has 0 fully saturated rings. The topological polar surface area (TPSA) is 199 Å². The first-order chi connectivity index (χ1) is 19.1. The summed E-state index contributed by atoms with van der Waals surface area (Å²) in [5.41, 5.74) is 11.9. The molecule has 0 saturated carbocycles. The zero-order chi connectivity index (χ0) is 33.9. The van der Waals surface area contributed by atoms with E-state index in [1.807, 2.05) is 0 Å². The Hall–Kier alpha value is -0.440. The number of quaternary nitrogens is 5. The van der Waals surface area contributed by atoms with E-state index in [-0.39, 0.29) is 6.54 Å². The summed E-state index contributed by atoms with van der Waals surface area (Å²) >= 11 is 0. The molecular weight excluding hydrogens is 524 g/mol. The first-order valence-corrected chi connectivity index (χ1v) is 16.1. The molecule has 41 heavy (non-hydrogen) atoms. The third-order valence-electron chi connectivity index (χ3n) is 6.45. The van der Waals surface area contributed by atoms with E-state index in [0.29, 0.717) is 13.0 Å². The van der Waals surface area contributed by atoms with E-state index in [4.69, 9.17) is 26.2 Å². The van der Waals surface area contributed by atoms with Gasteiger partial charge in [-0.2, -0.15) is 0 Å². The molecular formula is C30H83N6O5+5. The maximum absolute atomic E-state index is 9.17. The molecule has 4 atom stereocenters. The molecule has 0 aromatic rings. The first kappa shape index (κ1) is 53.1. The zero-order valence-electron chi connectivity index (χ0n) is 29.9. The molecule has 0 aliphatic heterocycles. The standard InChI is InChI=1S/C7H17NO4.2C7H18N.C5H13NO.C3H9N.CH5N/c1-2-4(9)6(11)7(12)5(10)3-8;1-5-6-7-8(2,3)4;1-5-8(4,6-2)7-3;1-2-3-6-4-5-7;1-2-3-4;1-2/h4-7,9-12H,2-3,8H2,1H3;2*5-7H2,1-4H3;6-7H,2-5H2,1H3;2-4H2,1H3;2H2,1H3/q;2*+1;;;/p+3/t4-,5+,6-,7-;;;;;/m1...../s1. The van der Waals surface area contributed by atoms with Crippen molar-refractivity contribution in [3.8, 4) is 0 Å². The third kappa shape index (κ3) is 46.7. The van der Waals surface area contributed by atoms with Crippen molar-refractivity contribution in [2.75, 3.05) is 94.2 Å². The number of aliphatic hydroxyl groups excluding tert-OH is 5. The van der Waals surface area contributed by atoms with Crippen LogP contribution in [0.15, 0.2) is 0 Å². The van der Waals surface area contributed by atoms with Gasteiger partial charge in [0.2, 0.25) is 0 Å². The predicted octanol–water partition coefficient (Wildman–Crippen LogP) is -1.77. The Morgan fingerprint density at radius 1 is 0.707 bits per heavy atom. The van der Waals surface area contributed by atoms with Crippen molar-refractivity contribution in [3.63, 3.8) is 0 Å². The lowest BCUT2D eigenvalue weighted by molar-refractivity contribution is -0.904. The van der Waals surface area contributed by atoms with E-state index in [1.54, 1.807) is 14.0 Å². The Kier molecular flexibility index (Phi) is 51.3. The van der Waals surface area contributed by atoms with Gasteiger partial charge in [-0.3, -0.25) is 0 Å². The molecule has 15 N–H and O–H groups in total. The summed E-state index contributed by atoms with van der Waals surface area (Å²) in [5, 5.41) is 46.8. The Labute approximate surface area is 256 Å². The van der Waals surface area contributed by atoms with Gasteiger partial charge < -0.3 is 57.0 Å². The van der Waals surface area contributed by atoms with Gasteiger partial charge in [0, 0.05) is 6.54 Å². The lowest BCUT2D eigenvalue weighted by atomic mass is 10.0. The molecule has 0 radical (unpaired) electrons. The van der Waals surface area contributed by atoms with Crippen molar-refractivity contribution in [2.24, 2.45) is 5.73 Å². The minimum atomic E-state index is -1.38. The number of nitrogens with two attached hydrogens (primary N) is 2. The molecule has 0 rings (SSSR count). The van der Waals surface area contributed by atoms with Crippen LogP contribution in [0.25, 0.3) is 0 Å². The summed E-state index contributed by atoms with van der Waals surface area (Å²) in [4.78, 5) is 0. The fraction of sp³-hybridized carbons (Fsp3) is 1.00. The number of aliphatic hydroxyl groups is 5. The van der Waals surface area contributed by atoms with E-state index in [0.717, 1.165) is 24.1 Å². The van der Waals surface area contributed by atoms with Crippen LogP contribution < -0.4 is 22.5 Å². The monoisotopic (exact) mass is 608 g/mol. The van der Waals surface area contributed by atoms with Crippen LogP contribution in [0.3, 0.4) is 0 Å². The number of nitrogens with zero attached hydrogens (tertiary/aromatic N) is 2. The van der Waals surface area contributed by atoms with Gasteiger partial charge in [-0.15, -0.1) is 0 Å². The summed E-state index contributed by atoms with van der Waals surface area (Å²) in [7, 11) is 10.7. The largest absolute Gasteiger partial charge is 0.391 e. The highest BCUT2D eigenvalue weighted by Crippen LogP contribution is 2.06. The number of unbranched alkanes of at least 4 members (excludes halogenated alkanes) is 1. The summed E-state index contributed by atoms with van der Waals surface area (Å²) in [6.45, 7) is 23.2. The number of rotatable bonds is 16. The van der Waals surface area contributed by atoms with Crippen LogP contribution >= 0.6 is 0 Å². The van der Waals surface area contributed by atoms with Crippen molar-refractivity contribution in [2.45, 2.75) is 105 Å². The fourth-order valence-electron chi connectivity index (χ4n) is 2.58. The van der Waals surface area contributed by atoms with Crippen molar-refractivity contribution in [1.29, 1.82) is 0 Å². The van der Waals surface area contributed by atoms with Crippen LogP contribution in [-0.4, -0.2) is 153 Å². The van der Waals surface area contributed by atoms with Gasteiger partial charge in [0.1, 0.15) is 12.2 Å². The van der Waals surface area contributed by atoms with Gasteiger partial charge in [0.05, 0.1) is 99.9 Å². The van der Waals surface area contributed by atoms with Crippen molar-refractivity contribution in [1.82, 2.24) is 0 Å². The van der Waals surface area contributed by atoms with Gasteiger partial charge in [0.25, 0.3) is 0 Å². The molecule has 0 amide bonds. The van der Waals surface area contributed by atoms with E-state index < -0.39 is 24.4 Å². The van der Waals surface area contributed by atoms with Gasteiger partial charge in [-0.25, -0.2) is 0 Å². The predicted molar refractivity (Wildman–Crippen MR) is 175 cm³/mol. The molecule has 0 spiro atoms. The Bertz CT molecular complexity index is 414. The molecule has 0 aromatic carbocycles. The highest BCUT2D eigenvalue weighted by atomic mass is 16.4. The normalized spacial score (nSPS) is 13.5. The van der Waals surface area contributed by atoms with Crippen LogP contribution in [0.5, 0.6) is 0 Å². The second-order valence-electron chi connectivity index (χ2n) is 11.1. The quantitative estimate of drug-likeness (QED) is 0.0735. The van der Waals surface area contributed by atoms with E-state index in [1.165, 1.54) is 56.3 Å². The first-order valence-electron chi connectivity index (χ1n) is 16.1. The molecule has 0 aliphatic rings. The van der Waals surface area contributed by atoms with Crippen LogP contribution in [0, 0.1) is 0 Å². The lowest BCUT2D eigenvalue weighted by Crippen LogP contribution is -2.85. The maximum atomic E-state index is 9.17. The summed E-state index contributed by atoms with van der Waals surface area (Å²) in [5.74, 6) is 0. The highest BCUT2D eigenvalue weighted by Gasteiger charge is 2.28. The van der Waals surface area contributed by atoms with E-state index >= 15 is 0 Å². The average molecular weight is 608 g/mol. The Morgan fingerprint density at radius 3 is 1.32 bits per heavy atom. The molecule has 0 heterocycles. The summed E-state index contributed by atoms with van der Waals surface area (Å²) in [6, 6.07) is 0. The van der Waals surface area contributed by atoms with Crippen molar-refractivity contribution < 1.29 is 51.3 Å². The average Bonchev–Trinajstić information content (AvgIpc) is 2.99. The SMILES string of the molecule is CCCC[N+](C)(C)C.CCC[NH2+]CCO.CCC[NH3+].CC[C@@H](O)[C@@H](O)[C@H](O)[C@@H](O)CN.CC[N+](C)(CC)CC.C[NH3+]. The number of hydrogen-bond donors (Lipinski definition) is 9. The molecule has 11 heteroatoms. The van der Waals surface area contributed by atoms with E-state index in [9.17, 15) is 5.11 Å². The maximum Gasteiger partial charge on any atom is 0.109 e. The second kappa shape index (κ2) is 39.6. The van der Waals surface area contributed by atoms with Crippen molar-refractivity contribution >= 4 is 0 Å². The van der Waals surface area contributed by atoms with Crippen LogP contribution in [0.2, 0.25) is 0 Å². The van der Waals surface area contributed by atoms with Crippen LogP contribution in [-0.2, 0) is 0 Å². The number of hydrogen-bond acceptors (Lipinski definition) is 6. The fourth-order valence-corrected chi connectivity index (χ4v) is 2.58.